The highest BCUT2D eigenvalue weighted by atomic mass is 16.5. The summed E-state index contributed by atoms with van der Waals surface area (Å²) in [6.07, 6.45) is -0.246. The number of aliphatic carboxylic acids is 1. The highest BCUT2D eigenvalue weighted by Crippen LogP contribution is 2.29. The number of hydrogen-bond donors (Lipinski definition) is 4. The Kier molecular flexibility index (Phi) is 5.06. The minimum Gasteiger partial charge on any atom is -0.480 e. The number of ether oxygens (including phenoxy) is 1. The first kappa shape index (κ1) is 14.9. The number of aliphatic hydroxyl groups is 1. The molecule has 1 heterocycles. The molecule has 0 aliphatic carbocycles. The summed E-state index contributed by atoms with van der Waals surface area (Å²) >= 11 is 0. The lowest BCUT2D eigenvalue weighted by molar-refractivity contribution is -0.148. The molecule has 1 aliphatic heterocycles. The van der Waals surface area contributed by atoms with Crippen LogP contribution < -0.4 is 11.1 Å². The fourth-order valence-electron chi connectivity index (χ4n) is 1.97. The van der Waals surface area contributed by atoms with Crippen LogP contribution in [0.2, 0.25) is 0 Å². The van der Waals surface area contributed by atoms with Crippen molar-refractivity contribution in [2.75, 3.05) is 19.8 Å². The van der Waals surface area contributed by atoms with Crippen LogP contribution in [0.4, 0.5) is 0 Å². The van der Waals surface area contributed by atoms with Crippen LogP contribution in [0.3, 0.4) is 0 Å². The normalized spacial score (nSPS) is 21.9. The lowest BCUT2D eigenvalue weighted by Gasteiger charge is -2.35. The van der Waals surface area contributed by atoms with Gasteiger partial charge in [0.1, 0.15) is 0 Å². The van der Waals surface area contributed by atoms with Crippen LogP contribution in [-0.2, 0) is 14.3 Å². The molecule has 1 fully saturated rings. The van der Waals surface area contributed by atoms with Crippen molar-refractivity contribution < 1.29 is 24.5 Å². The van der Waals surface area contributed by atoms with Crippen molar-refractivity contribution >= 4 is 11.9 Å². The van der Waals surface area contributed by atoms with Crippen LogP contribution >= 0.6 is 0 Å². The van der Waals surface area contributed by atoms with Crippen LogP contribution in [0, 0.1) is 5.41 Å². The van der Waals surface area contributed by atoms with E-state index in [0.717, 1.165) is 0 Å². The van der Waals surface area contributed by atoms with E-state index < -0.39 is 29.4 Å². The molecule has 0 aromatic heterocycles. The molecule has 0 bridgehead atoms. The minimum atomic E-state index is -1.32. The Hall–Kier alpha value is -1.18. The van der Waals surface area contributed by atoms with Gasteiger partial charge in [0, 0.05) is 19.8 Å². The van der Waals surface area contributed by atoms with E-state index in [4.69, 9.17) is 15.6 Å². The summed E-state index contributed by atoms with van der Waals surface area (Å²) in [6, 6.07) is -1.32. The number of aliphatic hydroxyl groups excluding tert-OH is 1. The fourth-order valence-corrected chi connectivity index (χ4v) is 1.97. The summed E-state index contributed by atoms with van der Waals surface area (Å²) in [5.41, 5.74) is 4.85. The van der Waals surface area contributed by atoms with Gasteiger partial charge in [-0.3, -0.25) is 4.79 Å². The van der Waals surface area contributed by atoms with Gasteiger partial charge in [0.15, 0.2) is 6.04 Å². The summed E-state index contributed by atoms with van der Waals surface area (Å²) in [5.74, 6) is -1.70. The van der Waals surface area contributed by atoms with E-state index in [9.17, 15) is 14.7 Å². The third kappa shape index (κ3) is 3.18. The molecule has 7 heteroatoms. The van der Waals surface area contributed by atoms with Gasteiger partial charge in [-0.15, -0.1) is 0 Å². The number of nitrogens with one attached hydrogen (secondary N) is 1. The zero-order valence-electron chi connectivity index (χ0n) is 10.4. The number of hydrogen-bond acceptors (Lipinski definition) is 5. The Morgan fingerprint density at radius 3 is 2.39 bits per heavy atom. The topological polar surface area (TPSA) is 122 Å². The molecular formula is C11H20N2O5. The van der Waals surface area contributed by atoms with Crippen molar-refractivity contribution in [3.05, 3.63) is 0 Å². The molecule has 2 unspecified atom stereocenters. The number of carboxylic acid groups (broad SMARTS) is 1. The smallest absolute Gasteiger partial charge is 0.328 e. The summed E-state index contributed by atoms with van der Waals surface area (Å²) in [6.45, 7) is 2.31. The van der Waals surface area contributed by atoms with Gasteiger partial charge in [-0.2, -0.15) is 0 Å². The molecule has 1 amide bonds. The third-order valence-corrected chi connectivity index (χ3v) is 3.36. The minimum absolute atomic E-state index is 0.133. The number of nitrogens with two attached hydrogens (primary N) is 1. The van der Waals surface area contributed by atoms with Crippen molar-refractivity contribution in [1.82, 2.24) is 5.32 Å². The predicted molar refractivity (Wildman–Crippen MR) is 62.8 cm³/mol. The van der Waals surface area contributed by atoms with Crippen LogP contribution in [0.5, 0.6) is 0 Å². The second kappa shape index (κ2) is 6.12. The Morgan fingerprint density at radius 1 is 1.44 bits per heavy atom. The highest BCUT2D eigenvalue weighted by molar-refractivity contribution is 5.88. The number of rotatable bonds is 5. The quantitative estimate of drug-likeness (QED) is 0.487. The maximum atomic E-state index is 12.1. The molecule has 7 nitrogen and oxygen atoms in total. The first-order chi connectivity index (χ1) is 8.43. The van der Waals surface area contributed by atoms with E-state index in [1.54, 1.807) is 0 Å². The molecule has 2 atom stereocenters. The van der Waals surface area contributed by atoms with Crippen molar-refractivity contribution in [2.45, 2.75) is 31.9 Å². The van der Waals surface area contributed by atoms with Gasteiger partial charge in [0.2, 0.25) is 5.91 Å². The first-order valence-electron chi connectivity index (χ1n) is 5.92. The van der Waals surface area contributed by atoms with Gasteiger partial charge < -0.3 is 26.0 Å². The third-order valence-electron chi connectivity index (χ3n) is 3.36. The average molecular weight is 260 g/mol. The summed E-state index contributed by atoms with van der Waals surface area (Å²) in [7, 11) is 0. The Bertz CT molecular complexity index is 313. The molecule has 5 N–H and O–H groups in total. The molecule has 0 aromatic carbocycles. The van der Waals surface area contributed by atoms with E-state index in [0.29, 0.717) is 26.1 Å². The average Bonchev–Trinajstić information content (AvgIpc) is 2.35. The van der Waals surface area contributed by atoms with Gasteiger partial charge >= 0.3 is 5.97 Å². The fraction of sp³-hybridized carbons (Fsp3) is 0.818. The maximum absolute atomic E-state index is 12.1. The standard InChI is InChI=1S/C11H20N2O5/c1-7(14)8(9(15)16)13-10(17)11(6-12)2-4-18-5-3-11/h7-8,14H,2-6,12H2,1H3,(H,13,17)(H,15,16). The zero-order chi connectivity index (χ0) is 13.8. The summed E-state index contributed by atoms with van der Waals surface area (Å²) in [4.78, 5) is 23.1. The summed E-state index contributed by atoms with van der Waals surface area (Å²) in [5, 5.41) is 20.6. The maximum Gasteiger partial charge on any atom is 0.328 e. The van der Waals surface area contributed by atoms with Crippen molar-refractivity contribution in [2.24, 2.45) is 11.1 Å². The molecule has 0 aromatic rings. The van der Waals surface area contributed by atoms with Crippen LogP contribution in [-0.4, -0.2) is 54.0 Å². The number of carbonyl (C=O) groups is 2. The second-order valence-corrected chi connectivity index (χ2v) is 4.63. The molecule has 1 rings (SSSR count). The molecule has 104 valence electrons. The van der Waals surface area contributed by atoms with Gasteiger partial charge in [-0.25, -0.2) is 4.79 Å². The molecular weight excluding hydrogens is 240 g/mol. The lowest BCUT2D eigenvalue weighted by atomic mass is 9.79. The van der Waals surface area contributed by atoms with Gasteiger partial charge in [-0.05, 0) is 19.8 Å². The van der Waals surface area contributed by atoms with Crippen molar-refractivity contribution in [3.63, 3.8) is 0 Å². The zero-order valence-corrected chi connectivity index (χ0v) is 10.4. The molecule has 1 saturated heterocycles. The van der Waals surface area contributed by atoms with Crippen molar-refractivity contribution in [3.8, 4) is 0 Å². The van der Waals surface area contributed by atoms with Crippen molar-refractivity contribution in [1.29, 1.82) is 0 Å². The Balaban J connectivity index is 2.75. The lowest BCUT2D eigenvalue weighted by Crippen LogP contribution is -2.56. The summed E-state index contributed by atoms with van der Waals surface area (Å²) < 4.78 is 5.18. The largest absolute Gasteiger partial charge is 0.480 e. The Morgan fingerprint density at radius 2 is 2.00 bits per heavy atom. The number of carboxylic acids is 1. The van der Waals surface area contributed by atoms with E-state index in [-0.39, 0.29) is 6.54 Å². The van der Waals surface area contributed by atoms with Crippen LogP contribution in [0.1, 0.15) is 19.8 Å². The van der Waals surface area contributed by atoms with E-state index in [1.807, 2.05) is 0 Å². The molecule has 0 spiro atoms. The van der Waals surface area contributed by atoms with Gasteiger partial charge in [-0.1, -0.05) is 0 Å². The number of amides is 1. The van der Waals surface area contributed by atoms with E-state index in [1.165, 1.54) is 6.92 Å². The van der Waals surface area contributed by atoms with E-state index in [2.05, 4.69) is 5.32 Å². The number of carbonyl (C=O) groups excluding carboxylic acids is 1. The van der Waals surface area contributed by atoms with Gasteiger partial charge in [0.05, 0.1) is 11.5 Å². The molecule has 0 radical (unpaired) electrons. The first-order valence-corrected chi connectivity index (χ1v) is 5.92. The predicted octanol–water partition coefficient (Wildman–Crippen LogP) is -1.31. The highest BCUT2D eigenvalue weighted by Gasteiger charge is 2.41. The monoisotopic (exact) mass is 260 g/mol. The molecule has 0 saturated carbocycles. The van der Waals surface area contributed by atoms with Crippen LogP contribution in [0.15, 0.2) is 0 Å². The SMILES string of the molecule is CC(O)C(NC(=O)C1(CN)CCOCC1)C(=O)O. The molecule has 18 heavy (non-hydrogen) atoms. The Labute approximate surface area is 105 Å². The molecule has 1 aliphatic rings. The second-order valence-electron chi connectivity index (χ2n) is 4.63. The van der Waals surface area contributed by atoms with Crippen LogP contribution in [0.25, 0.3) is 0 Å². The van der Waals surface area contributed by atoms with E-state index >= 15 is 0 Å². The van der Waals surface area contributed by atoms with Gasteiger partial charge in [0.25, 0.3) is 0 Å².